The third kappa shape index (κ3) is 4.64. The number of carbonyl (C=O) groups excluding carboxylic acids is 2. The first-order chi connectivity index (χ1) is 8.54. The van der Waals surface area contributed by atoms with Gasteiger partial charge >= 0.3 is 0 Å². The highest BCUT2D eigenvalue weighted by Crippen LogP contribution is 2.16. The molecule has 2 N–H and O–H groups in total. The number of carbonyl (C=O) groups is 2. The number of amides is 2. The van der Waals surface area contributed by atoms with E-state index in [0.717, 1.165) is 19.4 Å². The summed E-state index contributed by atoms with van der Waals surface area (Å²) in [5.41, 5.74) is 0. The van der Waals surface area contributed by atoms with Gasteiger partial charge in [0.15, 0.2) is 0 Å². The van der Waals surface area contributed by atoms with E-state index in [9.17, 15) is 14.7 Å². The molecule has 1 saturated heterocycles. The van der Waals surface area contributed by atoms with Crippen molar-refractivity contribution in [2.24, 2.45) is 5.92 Å². The van der Waals surface area contributed by atoms with Crippen molar-refractivity contribution in [1.29, 1.82) is 0 Å². The van der Waals surface area contributed by atoms with Crippen LogP contribution in [-0.2, 0) is 9.59 Å². The number of nitrogens with one attached hydrogen (secondary N) is 1. The second-order valence-electron chi connectivity index (χ2n) is 4.95. The summed E-state index contributed by atoms with van der Waals surface area (Å²) in [5, 5.41) is 12.2. The number of hydrogen-bond donors (Lipinski definition) is 2. The van der Waals surface area contributed by atoms with Gasteiger partial charge in [0, 0.05) is 26.6 Å². The molecule has 0 aromatic rings. The van der Waals surface area contributed by atoms with Crippen LogP contribution in [0, 0.1) is 5.92 Å². The van der Waals surface area contributed by atoms with Gasteiger partial charge in [0.25, 0.3) is 0 Å². The summed E-state index contributed by atoms with van der Waals surface area (Å²) in [6, 6.07) is 0. The van der Waals surface area contributed by atoms with E-state index in [4.69, 9.17) is 0 Å². The summed E-state index contributed by atoms with van der Waals surface area (Å²) >= 11 is 0. The minimum absolute atomic E-state index is 0.00394. The lowest BCUT2D eigenvalue weighted by Crippen LogP contribution is -2.45. The van der Waals surface area contributed by atoms with Crippen molar-refractivity contribution < 1.29 is 14.7 Å². The minimum atomic E-state index is -0.342. The van der Waals surface area contributed by atoms with Gasteiger partial charge in [-0.25, -0.2) is 0 Å². The molecule has 18 heavy (non-hydrogen) atoms. The van der Waals surface area contributed by atoms with Crippen LogP contribution in [0.15, 0.2) is 0 Å². The van der Waals surface area contributed by atoms with Crippen LogP contribution in [-0.4, -0.2) is 47.6 Å². The standard InChI is InChI=1S/C13H24N2O3/c1-3-12(17)6-7-14-13(18)11-5-4-8-15(9-11)10(2)16/h11-12,17H,3-9H2,1-2H3,(H,14,18). The fourth-order valence-electron chi connectivity index (χ4n) is 2.19. The van der Waals surface area contributed by atoms with Gasteiger partial charge in [-0.3, -0.25) is 9.59 Å². The highest BCUT2D eigenvalue weighted by Gasteiger charge is 2.26. The zero-order valence-electron chi connectivity index (χ0n) is 11.3. The number of hydrogen-bond acceptors (Lipinski definition) is 3. The van der Waals surface area contributed by atoms with E-state index >= 15 is 0 Å². The lowest BCUT2D eigenvalue weighted by atomic mass is 9.97. The fraction of sp³-hybridized carbons (Fsp3) is 0.846. The van der Waals surface area contributed by atoms with Crippen LogP contribution in [0.25, 0.3) is 0 Å². The van der Waals surface area contributed by atoms with Crippen LogP contribution in [0.3, 0.4) is 0 Å². The molecule has 0 saturated carbocycles. The molecule has 1 aliphatic heterocycles. The van der Waals surface area contributed by atoms with E-state index in [1.54, 1.807) is 4.90 Å². The molecule has 0 radical (unpaired) electrons. The van der Waals surface area contributed by atoms with Crippen molar-refractivity contribution >= 4 is 11.8 Å². The molecule has 104 valence electrons. The topological polar surface area (TPSA) is 69.6 Å². The van der Waals surface area contributed by atoms with E-state index in [0.29, 0.717) is 25.9 Å². The van der Waals surface area contributed by atoms with Crippen molar-refractivity contribution in [3.63, 3.8) is 0 Å². The Morgan fingerprint density at radius 3 is 2.83 bits per heavy atom. The molecule has 2 atom stereocenters. The van der Waals surface area contributed by atoms with Gasteiger partial charge in [-0.05, 0) is 25.7 Å². The number of aliphatic hydroxyl groups is 1. The van der Waals surface area contributed by atoms with Crippen LogP contribution in [0.1, 0.15) is 39.5 Å². The van der Waals surface area contributed by atoms with E-state index in [1.165, 1.54) is 6.92 Å². The van der Waals surface area contributed by atoms with Gasteiger partial charge in [0.05, 0.1) is 12.0 Å². The summed E-state index contributed by atoms with van der Waals surface area (Å²) < 4.78 is 0. The lowest BCUT2D eigenvalue weighted by Gasteiger charge is -2.31. The summed E-state index contributed by atoms with van der Waals surface area (Å²) in [7, 11) is 0. The molecule has 0 aliphatic carbocycles. The Morgan fingerprint density at radius 1 is 1.50 bits per heavy atom. The summed E-state index contributed by atoms with van der Waals surface area (Å²) in [5.74, 6) is -0.0559. The van der Waals surface area contributed by atoms with Gasteiger partial charge in [0.2, 0.25) is 11.8 Å². The van der Waals surface area contributed by atoms with Crippen LogP contribution >= 0.6 is 0 Å². The smallest absolute Gasteiger partial charge is 0.224 e. The highest BCUT2D eigenvalue weighted by atomic mass is 16.3. The number of nitrogens with zero attached hydrogens (tertiary/aromatic N) is 1. The van der Waals surface area contributed by atoms with Crippen molar-refractivity contribution in [3.05, 3.63) is 0 Å². The summed E-state index contributed by atoms with van der Waals surface area (Å²) in [6.45, 7) is 5.24. The van der Waals surface area contributed by atoms with Crippen LogP contribution < -0.4 is 5.32 Å². The van der Waals surface area contributed by atoms with Crippen molar-refractivity contribution in [3.8, 4) is 0 Å². The Kier molecular flexibility index (Phi) is 6.12. The quantitative estimate of drug-likeness (QED) is 0.753. The molecular weight excluding hydrogens is 232 g/mol. The molecular formula is C13H24N2O3. The molecule has 5 heteroatoms. The van der Waals surface area contributed by atoms with Gasteiger partial charge < -0.3 is 15.3 Å². The first kappa shape index (κ1) is 15.0. The Labute approximate surface area is 109 Å². The predicted octanol–water partition coefficient (Wildman–Crippen LogP) is 0.522. The molecule has 1 rings (SSSR count). The third-order valence-electron chi connectivity index (χ3n) is 3.49. The van der Waals surface area contributed by atoms with Crippen LogP contribution in [0.5, 0.6) is 0 Å². The van der Waals surface area contributed by atoms with Crippen molar-refractivity contribution in [2.45, 2.75) is 45.6 Å². The maximum atomic E-state index is 11.9. The average molecular weight is 256 g/mol. The van der Waals surface area contributed by atoms with E-state index in [2.05, 4.69) is 5.32 Å². The Hall–Kier alpha value is -1.10. The van der Waals surface area contributed by atoms with Gasteiger partial charge in [-0.15, -0.1) is 0 Å². The third-order valence-corrected chi connectivity index (χ3v) is 3.49. The summed E-state index contributed by atoms with van der Waals surface area (Å²) in [4.78, 5) is 24.9. The zero-order chi connectivity index (χ0) is 13.5. The lowest BCUT2D eigenvalue weighted by molar-refractivity contribution is -0.133. The zero-order valence-corrected chi connectivity index (χ0v) is 11.3. The SMILES string of the molecule is CCC(O)CCNC(=O)C1CCCN(C(C)=O)C1. The maximum absolute atomic E-state index is 11.9. The van der Waals surface area contributed by atoms with Crippen LogP contribution in [0.4, 0.5) is 0 Å². The van der Waals surface area contributed by atoms with E-state index < -0.39 is 0 Å². The van der Waals surface area contributed by atoms with Gasteiger partial charge in [-0.1, -0.05) is 6.92 Å². The number of piperidine rings is 1. The predicted molar refractivity (Wildman–Crippen MR) is 68.9 cm³/mol. The molecule has 0 aromatic carbocycles. The second-order valence-corrected chi connectivity index (χ2v) is 4.95. The van der Waals surface area contributed by atoms with Gasteiger partial charge in [0.1, 0.15) is 0 Å². The Morgan fingerprint density at radius 2 is 2.22 bits per heavy atom. The first-order valence-corrected chi connectivity index (χ1v) is 6.75. The van der Waals surface area contributed by atoms with Crippen molar-refractivity contribution in [1.82, 2.24) is 10.2 Å². The molecule has 0 spiro atoms. The number of likely N-dealkylation sites (tertiary alicyclic amines) is 1. The Bertz CT molecular complexity index is 294. The molecule has 5 nitrogen and oxygen atoms in total. The fourth-order valence-corrected chi connectivity index (χ4v) is 2.19. The molecule has 0 aromatic heterocycles. The van der Waals surface area contributed by atoms with Crippen molar-refractivity contribution in [2.75, 3.05) is 19.6 Å². The average Bonchev–Trinajstić information content (AvgIpc) is 2.38. The number of rotatable bonds is 5. The van der Waals surface area contributed by atoms with E-state index in [1.807, 2.05) is 6.92 Å². The van der Waals surface area contributed by atoms with Crippen LogP contribution in [0.2, 0.25) is 0 Å². The van der Waals surface area contributed by atoms with E-state index in [-0.39, 0.29) is 23.8 Å². The molecule has 2 amide bonds. The first-order valence-electron chi connectivity index (χ1n) is 6.75. The second kappa shape index (κ2) is 7.36. The molecule has 1 heterocycles. The Balaban J connectivity index is 2.30. The normalized spacial score (nSPS) is 21.5. The monoisotopic (exact) mass is 256 g/mol. The molecule has 2 unspecified atom stereocenters. The molecule has 1 fully saturated rings. The maximum Gasteiger partial charge on any atom is 0.224 e. The van der Waals surface area contributed by atoms with Gasteiger partial charge in [-0.2, -0.15) is 0 Å². The minimum Gasteiger partial charge on any atom is -0.393 e. The number of aliphatic hydroxyl groups excluding tert-OH is 1. The largest absolute Gasteiger partial charge is 0.393 e. The highest BCUT2D eigenvalue weighted by molar-refractivity contribution is 5.80. The summed E-state index contributed by atoms with van der Waals surface area (Å²) in [6.07, 6.45) is 2.68. The molecule has 0 bridgehead atoms. The molecule has 1 aliphatic rings.